The third-order valence-electron chi connectivity index (χ3n) is 3.85. The largest absolute Gasteiger partial charge is 0.444 e. The first-order valence-electron chi connectivity index (χ1n) is 8.53. The number of carbonyl (C=O) groups excluding carboxylic acids is 1. The number of amides is 1. The van der Waals surface area contributed by atoms with E-state index in [1.54, 1.807) is 20.8 Å². The topological polar surface area (TPSA) is 62.4 Å². The Bertz CT molecular complexity index is 588. The fourth-order valence-corrected chi connectivity index (χ4v) is 2.72. The van der Waals surface area contributed by atoms with E-state index in [9.17, 15) is 13.6 Å². The standard InChI is InChI=1S/C18H27F2N3O2/c1-17(2,3)25-16(24)23-12-18(19,20)11-22-15-8-9-21-10-13-6-4-5-7-14(13)15/h4-7,15,21-22H,8-12H2,1-3H3,(H,23,24). The van der Waals surface area contributed by atoms with Gasteiger partial charge in [-0.3, -0.25) is 0 Å². The maximum atomic E-state index is 14.1. The maximum Gasteiger partial charge on any atom is 0.407 e. The zero-order valence-corrected chi connectivity index (χ0v) is 15.0. The molecule has 1 atom stereocenters. The summed E-state index contributed by atoms with van der Waals surface area (Å²) in [4.78, 5) is 11.5. The second kappa shape index (κ2) is 8.10. The van der Waals surface area contributed by atoms with E-state index < -0.39 is 30.7 Å². The molecule has 1 aromatic rings. The molecule has 1 amide bonds. The number of fused-ring (bicyclic) bond motifs is 1. The van der Waals surface area contributed by atoms with Crippen LogP contribution in [0.4, 0.5) is 13.6 Å². The van der Waals surface area contributed by atoms with Crippen LogP contribution in [0, 0.1) is 0 Å². The molecule has 0 fully saturated rings. The highest BCUT2D eigenvalue weighted by molar-refractivity contribution is 5.67. The van der Waals surface area contributed by atoms with Gasteiger partial charge in [0.2, 0.25) is 0 Å². The summed E-state index contributed by atoms with van der Waals surface area (Å²) < 4.78 is 33.2. The first-order chi connectivity index (χ1) is 11.7. The zero-order chi connectivity index (χ0) is 18.5. The average molecular weight is 355 g/mol. The Morgan fingerprint density at radius 2 is 2.00 bits per heavy atom. The number of hydrogen-bond donors (Lipinski definition) is 3. The van der Waals surface area contributed by atoms with Gasteiger partial charge in [0.1, 0.15) is 5.60 Å². The molecule has 0 saturated heterocycles. The first-order valence-corrected chi connectivity index (χ1v) is 8.53. The summed E-state index contributed by atoms with van der Waals surface area (Å²) in [6.45, 7) is 5.28. The zero-order valence-electron chi connectivity index (χ0n) is 15.0. The van der Waals surface area contributed by atoms with Gasteiger partial charge in [-0.05, 0) is 44.9 Å². The van der Waals surface area contributed by atoms with Crippen molar-refractivity contribution in [2.75, 3.05) is 19.6 Å². The summed E-state index contributed by atoms with van der Waals surface area (Å²) in [5, 5.41) is 8.37. The van der Waals surface area contributed by atoms with Crippen LogP contribution in [-0.4, -0.2) is 37.3 Å². The number of alkyl carbamates (subject to hydrolysis) is 1. The molecule has 25 heavy (non-hydrogen) atoms. The van der Waals surface area contributed by atoms with E-state index in [-0.39, 0.29) is 6.04 Å². The van der Waals surface area contributed by atoms with Crippen molar-refractivity contribution in [1.29, 1.82) is 0 Å². The molecule has 7 heteroatoms. The number of alkyl halides is 2. The number of benzene rings is 1. The van der Waals surface area contributed by atoms with Crippen molar-refractivity contribution in [3.05, 3.63) is 35.4 Å². The smallest absolute Gasteiger partial charge is 0.407 e. The first kappa shape index (κ1) is 19.6. The van der Waals surface area contributed by atoms with Crippen LogP contribution >= 0.6 is 0 Å². The fraction of sp³-hybridized carbons (Fsp3) is 0.611. The molecular weight excluding hydrogens is 328 g/mol. The van der Waals surface area contributed by atoms with E-state index in [4.69, 9.17) is 4.74 Å². The Kier molecular flexibility index (Phi) is 6.35. The summed E-state index contributed by atoms with van der Waals surface area (Å²) in [5.74, 6) is -3.06. The molecule has 0 radical (unpaired) electrons. The minimum absolute atomic E-state index is 0.140. The van der Waals surface area contributed by atoms with E-state index in [1.165, 1.54) is 0 Å². The third-order valence-corrected chi connectivity index (χ3v) is 3.85. The third kappa shape index (κ3) is 6.59. The second-order valence-electron chi connectivity index (χ2n) is 7.31. The van der Waals surface area contributed by atoms with Crippen LogP contribution in [-0.2, 0) is 11.3 Å². The molecule has 0 bridgehead atoms. The lowest BCUT2D eigenvalue weighted by molar-refractivity contribution is -0.00577. The molecule has 3 N–H and O–H groups in total. The van der Waals surface area contributed by atoms with Gasteiger partial charge in [0.25, 0.3) is 5.92 Å². The van der Waals surface area contributed by atoms with Gasteiger partial charge in [0.05, 0.1) is 13.1 Å². The highest BCUT2D eigenvalue weighted by atomic mass is 19.3. The molecule has 0 aliphatic carbocycles. The molecule has 0 spiro atoms. The van der Waals surface area contributed by atoms with Gasteiger partial charge in [0, 0.05) is 12.6 Å². The normalized spacial score (nSPS) is 18.2. The Labute approximate surface area is 147 Å². The lowest BCUT2D eigenvalue weighted by Gasteiger charge is -2.24. The van der Waals surface area contributed by atoms with Gasteiger partial charge in [-0.2, -0.15) is 0 Å². The number of hydrogen-bond acceptors (Lipinski definition) is 4. The van der Waals surface area contributed by atoms with Crippen LogP contribution in [0.25, 0.3) is 0 Å². The van der Waals surface area contributed by atoms with Crippen molar-refractivity contribution >= 4 is 6.09 Å². The van der Waals surface area contributed by atoms with Crippen LogP contribution in [0.3, 0.4) is 0 Å². The van der Waals surface area contributed by atoms with E-state index >= 15 is 0 Å². The molecule has 1 aliphatic rings. The van der Waals surface area contributed by atoms with Gasteiger partial charge in [-0.25, -0.2) is 13.6 Å². The molecule has 5 nitrogen and oxygen atoms in total. The van der Waals surface area contributed by atoms with Gasteiger partial charge in [-0.15, -0.1) is 0 Å². The van der Waals surface area contributed by atoms with E-state index in [0.29, 0.717) is 0 Å². The van der Waals surface area contributed by atoms with Crippen LogP contribution in [0.5, 0.6) is 0 Å². The minimum Gasteiger partial charge on any atom is -0.444 e. The van der Waals surface area contributed by atoms with E-state index in [2.05, 4.69) is 16.0 Å². The average Bonchev–Trinajstić information content (AvgIpc) is 2.72. The van der Waals surface area contributed by atoms with Crippen molar-refractivity contribution in [3.63, 3.8) is 0 Å². The van der Waals surface area contributed by atoms with Gasteiger partial charge in [-0.1, -0.05) is 24.3 Å². The lowest BCUT2D eigenvalue weighted by atomic mass is 9.99. The number of halogens is 2. The van der Waals surface area contributed by atoms with Crippen LogP contribution < -0.4 is 16.0 Å². The summed E-state index contributed by atoms with van der Waals surface area (Å²) in [6.07, 6.45) is -0.108. The summed E-state index contributed by atoms with van der Waals surface area (Å²) in [6, 6.07) is 7.70. The molecule has 1 unspecified atom stereocenters. The van der Waals surface area contributed by atoms with Gasteiger partial charge >= 0.3 is 6.09 Å². The molecular formula is C18H27F2N3O2. The van der Waals surface area contributed by atoms with Gasteiger partial charge in [0.15, 0.2) is 0 Å². The van der Waals surface area contributed by atoms with Crippen LogP contribution in [0.15, 0.2) is 24.3 Å². The maximum absolute atomic E-state index is 14.1. The summed E-state index contributed by atoms with van der Waals surface area (Å²) in [5.41, 5.74) is 1.45. The molecule has 2 rings (SSSR count). The lowest BCUT2D eigenvalue weighted by Crippen LogP contribution is -2.45. The summed E-state index contributed by atoms with van der Waals surface area (Å²) in [7, 11) is 0. The van der Waals surface area contributed by atoms with E-state index in [0.717, 1.165) is 30.6 Å². The molecule has 1 aliphatic heterocycles. The number of carbonyl (C=O) groups is 1. The SMILES string of the molecule is CC(C)(C)OC(=O)NCC(F)(F)CNC1CCNCc2ccccc21. The molecule has 1 aromatic carbocycles. The Hall–Kier alpha value is -1.73. The van der Waals surface area contributed by atoms with Crippen molar-refractivity contribution in [2.24, 2.45) is 0 Å². The Morgan fingerprint density at radius 3 is 2.72 bits per heavy atom. The van der Waals surface area contributed by atoms with Crippen molar-refractivity contribution in [3.8, 4) is 0 Å². The van der Waals surface area contributed by atoms with Crippen molar-refractivity contribution in [1.82, 2.24) is 16.0 Å². The minimum atomic E-state index is -3.06. The molecule has 140 valence electrons. The molecule has 0 aromatic heterocycles. The Morgan fingerprint density at radius 1 is 1.28 bits per heavy atom. The quantitative estimate of drug-likeness (QED) is 0.760. The van der Waals surface area contributed by atoms with Crippen LogP contribution in [0.1, 0.15) is 44.4 Å². The number of ether oxygens (including phenoxy) is 1. The fourth-order valence-electron chi connectivity index (χ4n) is 2.72. The second-order valence-corrected chi connectivity index (χ2v) is 7.31. The van der Waals surface area contributed by atoms with Crippen molar-refractivity contribution in [2.45, 2.75) is 51.3 Å². The summed E-state index contributed by atoms with van der Waals surface area (Å²) >= 11 is 0. The van der Waals surface area contributed by atoms with Crippen LogP contribution in [0.2, 0.25) is 0 Å². The molecule has 0 saturated carbocycles. The predicted octanol–water partition coefficient (Wildman–Crippen LogP) is 2.97. The number of nitrogens with one attached hydrogen (secondary N) is 3. The molecule has 1 heterocycles. The van der Waals surface area contributed by atoms with Crippen molar-refractivity contribution < 1.29 is 18.3 Å². The highest BCUT2D eigenvalue weighted by Gasteiger charge is 2.32. The predicted molar refractivity (Wildman–Crippen MR) is 92.7 cm³/mol. The van der Waals surface area contributed by atoms with E-state index in [1.807, 2.05) is 24.3 Å². The highest BCUT2D eigenvalue weighted by Crippen LogP contribution is 2.24. The monoisotopic (exact) mass is 355 g/mol. The van der Waals surface area contributed by atoms with Gasteiger partial charge < -0.3 is 20.7 Å². The Balaban J connectivity index is 1.88. The number of rotatable bonds is 5.